The van der Waals surface area contributed by atoms with Crippen molar-refractivity contribution in [1.29, 1.82) is 0 Å². The number of rotatable bonds is 1. The van der Waals surface area contributed by atoms with Crippen molar-refractivity contribution >= 4 is 11.8 Å². The fraction of sp³-hybridized carbons (Fsp3) is 0.273. The summed E-state index contributed by atoms with van der Waals surface area (Å²) in [5, 5.41) is 0. The maximum Gasteiger partial charge on any atom is 0.313 e. The number of ketones is 1. The van der Waals surface area contributed by atoms with Crippen LogP contribution in [0.5, 0.6) is 0 Å². The lowest BCUT2D eigenvalue weighted by atomic mass is 10.0. The van der Waals surface area contributed by atoms with Crippen molar-refractivity contribution in [2.75, 3.05) is 7.11 Å². The topological polar surface area (TPSA) is 43.4 Å². The third-order valence-corrected chi connectivity index (χ3v) is 2.51. The number of hydrogen-bond acceptors (Lipinski definition) is 3. The zero-order valence-electron chi connectivity index (χ0n) is 7.82. The van der Waals surface area contributed by atoms with Gasteiger partial charge >= 0.3 is 5.97 Å². The first kappa shape index (κ1) is 8.94. The Kier molecular flexibility index (Phi) is 2.08. The van der Waals surface area contributed by atoms with Crippen LogP contribution < -0.4 is 0 Å². The summed E-state index contributed by atoms with van der Waals surface area (Å²) in [4.78, 5) is 22.8. The highest BCUT2D eigenvalue weighted by atomic mass is 16.5. The molecule has 1 atom stereocenters. The van der Waals surface area contributed by atoms with E-state index in [-0.39, 0.29) is 18.2 Å². The van der Waals surface area contributed by atoms with Crippen LogP contribution in [0, 0.1) is 0 Å². The highest BCUT2D eigenvalue weighted by Crippen LogP contribution is 2.33. The molecule has 0 N–H and O–H groups in total. The van der Waals surface area contributed by atoms with E-state index >= 15 is 0 Å². The number of hydrogen-bond donors (Lipinski definition) is 0. The Morgan fingerprint density at radius 3 is 2.86 bits per heavy atom. The summed E-state index contributed by atoms with van der Waals surface area (Å²) in [6.45, 7) is 0. The molecule has 1 aromatic rings. The van der Waals surface area contributed by atoms with Gasteiger partial charge in [-0.3, -0.25) is 9.59 Å². The summed E-state index contributed by atoms with van der Waals surface area (Å²) in [6, 6.07) is 7.19. The van der Waals surface area contributed by atoms with Gasteiger partial charge in [-0.1, -0.05) is 24.3 Å². The van der Waals surface area contributed by atoms with Crippen molar-refractivity contribution in [3.63, 3.8) is 0 Å². The lowest BCUT2D eigenvalue weighted by Crippen LogP contribution is -2.11. The fourth-order valence-electron chi connectivity index (χ4n) is 1.81. The van der Waals surface area contributed by atoms with Crippen molar-refractivity contribution < 1.29 is 14.3 Å². The second-order valence-electron chi connectivity index (χ2n) is 3.29. The van der Waals surface area contributed by atoms with E-state index in [4.69, 9.17) is 0 Å². The summed E-state index contributed by atoms with van der Waals surface area (Å²) in [5.41, 5.74) is 1.45. The minimum atomic E-state index is -0.399. The van der Waals surface area contributed by atoms with E-state index in [1.165, 1.54) is 7.11 Å². The van der Waals surface area contributed by atoms with Gasteiger partial charge in [0.25, 0.3) is 0 Å². The van der Waals surface area contributed by atoms with Gasteiger partial charge in [0.2, 0.25) is 0 Å². The van der Waals surface area contributed by atoms with Gasteiger partial charge < -0.3 is 4.74 Å². The van der Waals surface area contributed by atoms with Crippen LogP contribution in [0.4, 0.5) is 0 Å². The molecule has 0 aromatic heterocycles. The normalized spacial score (nSPS) is 19.2. The number of ether oxygens (including phenoxy) is 1. The molecule has 0 saturated carbocycles. The minimum Gasteiger partial charge on any atom is -0.469 e. The Labute approximate surface area is 81.7 Å². The van der Waals surface area contributed by atoms with Gasteiger partial charge in [-0.05, 0) is 5.56 Å². The second kappa shape index (κ2) is 3.25. The molecule has 0 spiro atoms. The molecule has 0 saturated heterocycles. The van der Waals surface area contributed by atoms with Crippen molar-refractivity contribution in [2.45, 2.75) is 12.3 Å². The summed E-state index contributed by atoms with van der Waals surface area (Å²) in [7, 11) is 1.34. The van der Waals surface area contributed by atoms with Crippen LogP contribution in [0.25, 0.3) is 0 Å². The molecule has 0 aliphatic heterocycles. The molecule has 1 aromatic carbocycles. The van der Waals surface area contributed by atoms with Crippen molar-refractivity contribution in [1.82, 2.24) is 0 Å². The molecule has 0 unspecified atom stereocenters. The van der Waals surface area contributed by atoms with Crippen LogP contribution in [0.1, 0.15) is 28.3 Å². The van der Waals surface area contributed by atoms with Gasteiger partial charge in [0.05, 0.1) is 13.0 Å². The largest absolute Gasteiger partial charge is 0.469 e. The van der Waals surface area contributed by atoms with Crippen LogP contribution in [0.3, 0.4) is 0 Å². The smallest absolute Gasteiger partial charge is 0.313 e. The van der Waals surface area contributed by atoms with E-state index < -0.39 is 5.92 Å². The molecule has 1 aliphatic rings. The van der Waals surface area contributed by atoms with E-state index in [1.807, 2.05) is 12.1 Å². The Morgan fingerprint density at radius 2 is 2.14 bits per heavy atom. The van der Waals surface area contributed by atoms with Gasteiger partial charge in [0.1, 0.15) is 0 Å². The highest BCUT2D eigenvalue weighted by molar-refractivity contribution is 6.05. The zero-order chi connectivity index (χ0) is 10.1. The monoisotopic (exact) mass is 190 g/mol. The van der Waals surface area contributed by atoms with E-state index in [9.17, 15) is 9.59 Å². The summed E-state index contributed by atoms with van der Waals surface area (Å²) >= 11 is 0. The van der Waals surface area contributed by atoms with E-state index in [2.05, 4.69) is 4.74 Å². The van der Waals surface area contributed by atoms with Crippen LogP contribution >= 0.6 is 0 Å². The summed E-state index contributed by atoms with van der Waals surface area (Å²) in [5.74, 6) is -0.706. The Hall–Kier alpha value is -1.64. The average Bonchev–Trinajstić information content (AvgIpc) is 2.56. The first-order valence-corrected chi connectivity index (χ1v) is 4.44. The van der Waals surface area contributed by atoms with E-state index in [1.54, 1.807) is 12.1 Å². The Bertz CT molecular complexity index is 395. The molecule has 72 valence electrons. The number of benzene rings is 1. The molecule has 3 nitrogen and oxygen atoms in total. The number of methoxy groups -OCH3 is 1. The quantitative estimate of drug-likeness (QED) is 0.631. The van der Waals surface area contributed by atoms with Crippen molar-refractivity contribution in [3.05, 3.63) is 35.4 Å². The Balaban J connectivity index is 2.44. The van der Waals surface area contributed by atoms with E-state index in [0.717, 1.165) is 5.56 Å². The maximum atomic E-state index is 11.5. The molecular formula is C11H10O3. The fourth-order valence-corrected chi connectivity index (χ4v) is 1.81. The Morgan fingerprint density at radius 1 is 1.43 bits per heavy atom. The molecular weight excluding hydrogens is 180 g/mol. The molecule has 0 heterocycles. The first-order chi connectivity index (χ1) is 6.74. The average molecular weight is 190 g/mol. The van der Waals surface area contributed by atoms with Crippen LogP contribution in [0.15, 0.2) is 24.3 Å². The third kappa shape index (κ3) is 1.21. The first-order valence-electron chi connectivity index (χ1n) is 4.44. The number of fused-ring (bicyclic) bond motifs is 1. The van der Waals surface area contributed by atoms with Crippen molar-refractivity contribution in [2.24, 2.45) is 0 Å². The number of esters is 1. The van der Waals surface area contributed by atoms with Gasteiger partial charge in [-0.2, -0.15) is 0 Å². The predicted molar refractivity (Wildman–Crippen MR) is 50.1 cm³/mol. The number of Topliss-reactive ketones (excluding diaryl/α,β-unsaturated/α-hetero) is 1. The molecule has 2 rings (SSSR count). The summed E-state index contributed by atoms with van der Waals surface area (Å²) < 4.78 is 4.65. The number of carbonyl (C=O) groups excluding carboxylic acids is 2. The van der Waals surface area contributed by atoms with Crippen LogP contribution in [0.2, 0.25) is 0 Å². The maximum absolute atomic E-state index is 11.5. The molecule has 0 amide bonds. The zero-order valence-corrected chi connectivity index (χ0v) is 7.82. The van der Waals surface area contributed by atoms with Crippen molar-refractivity contribution in [3.8, 4) is 0 Å². The van der Waals surface area contributed by atoms with E-state index in [0.29, 0.717) is 5.56 Å². The molecule has 0 bridgehead atoms. The molecule has 1 aliphatic carbocycles. The molecule has 3 heteroatoms. The highest BCUT2D eigenvalue weighted by Gasteiger charge is 2.34. The number of carbonyl (C=O) groups is 2. The third-order valence-electron chi connectivity index (χ3n) is 2.51. The molecule has 14 heavy (non-hydrogen) atoms. The van der Waals surface area contributed by atoms with Crippen LogP contribution in [-0.4, -0.2) is 18.9 Å². The van der Waals surface area contributed by atoms with Gasteiger partial charge in [-0.15, -0.1) is 0 Å². The SMILES string of the molecule is COC(=O)[C@H]1CC(=O)c2ccccc21. The standard InChI is InChI=1S/C11H10O3/c1-14-11(13)9-6-10(12)8-5-3-2-4-7(8)9/h2-5,9H,6H2,1H3/t9-/m0/s1. The molecule has 0 radical (unpaired) electrons. The second-order valence-corrected chi connectivity index (χ2v) is 3.29. The van der Waals surface area contributed by atoms with Gasteiger partial charge in [0, 0.05) is 12.0 Å². The lowest BCUT2D eigenvalue weighted by molar-refractivity contribution is -0.142. The van der Waals surface area contributed by atoms with Gasteiger partial charge in [0.15, 0.2) is 5.78 Å². The van der Waals surface area contributed by atoms with Crippen LogP contribution in [-0.2, 0) is 9.53 Å². The molecule has 0 fully saturated rings. The summed E-state index contributed by atoms with van der Waals surface area (Å²) in [6.07, 6.45) is 0.242. The minimum absolute atomic E-state index is 0.0241. The van der Waals surface area contributed by atoms with Gasteiger partial charge in [-0.25, -0.2) is 0 Å². The lowest BCUT2D eigenvalue weighted by Gasteiger charge is -2.06. The predicted octanol–water partition coefficient (Wildman–Crippen LogP) is 1.53.